The molecule has 0 saturated heterocycles. The maximum Gasteiger partial charge on any atom is 0.119 e. The summed E-state index contributed by atoms with van der Waals surface area (Å²) in [6.45, 7) is 17.5. The largest absolute Gasteiger partial charge is 0.508 e. The molecule has 0 spiro atoms. The van der Waals surface area contributed by atoms with Gasteiger partial charge in [-0.15, -0.1) is 0 Å². The van der Waals surface area contributed by atoms with Crippen molar-refractivity contribution in [1.82, 2.24) is 0 Å². The fourth-order valence-corrected chi connectivity index (χ4v) is 3.06. The van der Waals surface area contributed by atoms with Gasteiger partial charge in [-0.2, -0.15) is 0 Å². The molecule has 0 unspecified atom stereocenters. The molecule has 0 fully saturated rings. The van der Waals surface area contributed by atoms with Crippen molar-refractivity contribution in [1.29, 1.82) is 0 Å². The summed E-state index contributed by atoms with van der Waals surface area (Å²) in [6, 6.07) is 10.9. The molecular formula is C23H32O. The lowest BCUT2D eigenvalue weighted by Gasteiger charge is -2.23. The van der Waals surface area contributed by atoms with E-state index < -0.39 is 0 Å². The summed E-state index contributed by atoms with van der Waals surface area (Å²) in [5.41, 5.74) is 7.64. The van der Waals surface area contributed by atoms with Crippen molar-refractivity contribution in [2.75, 3.05) is 0 Å². The van der Waals surface area contributed by atoms with E-state index in [1.54, 1.807) is 0 Å². The van der Waals surface area contributed by atoms with Crippen LogP contribution in [-0.4, -0.2) is 5.11 Å². The molecule has 0 aliphatic heterocycles. The van der Waals surface area contributed by atoms with E-state index in [2.05, 4.69) is 79.7 Å². The third-order valence-electron chi connectivity index (χ3n) is 4.86. The van der Waals surface area contributed by atoms with Crippen LogP contribution >= 0.6 is 0 Å². The first-order valence-corrected chi connectivity index (χ1v) is 8.82. The minimum Gasteiger partial charge on any atom is -0.508 e. The molecular weight excluding hydrogens is 292 g/mol. The van der Waals surface area contributed by atoms with Crippen molar-refractivity contribution in [3.8, 4) is 5.75 Å². The van der Waals surface area contributed by atoms with Gasteiger partial charge in [0.05, 0.1) is 0 Å². The van der Waals surface area contributed by atoms with Crippen LogP contribution in [0.1, 0.15) is 74.9 Å². The summed E-state index contributed by atoms with van der Waals surface area (Å²) < 4.78 is 0. The van der Waals surface area contributed by atoms with Crippen molar-refractivity contribution >= 4 is 0 Å². The van der Waals surface area contributed by atoms with Crippen LogP contribution < -0.4 is 0 Å². The first-order valence-electron chi connectivity index (χ1n) is 8.82. The highest BCUT2D eigenvalue weighted by Gasteiger charge is 2.20. The molecule has 0 aliphatic carbocycles. The smallest absolute Gasteiger partial charge is 0.119 e. The van der Waals surface area contributed by atoms with Gasteiger partial charge in [-0.05, 0) is 70.5 Å². The zero-order chi connectivity index (χ0) is 18.3. The van der Waals surface area contributed by atoms with E-state index in [9.17, 15) is 5.11 Å². The molecule has 0 aromatic heterocycles. The molecule has 0 saturated carbocycles. The van der Waals surface area contributed by atoms with Crippen LogP contribution in [0.2, 0.25) is 0 Å². The lowest BCUT2D eigenvalue weighted by atomic mass is 9.82. The maximum atomic E-state index is 10.3. The predicted octanol–water partition coefficient (Wildman–Crippen LogP) is 6.19. The zero-order valence-electron chi connectivity index (χ0n) is 16.5. The van der Waals surface area contributed by atoms with Crippen molar-refractivity contribution in [2.24, 2.45) is 0 Å². The summed E-state index contributed by atoms with van der Waals surface area (Å²) in [7, 11) is 0. The number of hydrogen-bond acceptors (Lipinski definition) is 1. The van der Waals surface area contributed by atoms with Gasteiger partial charge in [0.25, 0.3) is 0 Å². The van der Waals surface area contributed by atoms with Gasteiger partial charge in [0, 0.05) is 0 Å². The third kappa shape index (κ3) is 4.01. The summed E-state index contributed by atoms with van der Waals surface area (Å²) in [5, 5.41) is 10.3. The molecule has 0 radical (unpaired) electrons. The zero-order valence-corrected chi connectivity index (χ0v) is 16.5. The van der Waals surface area contributed by atoms with Crippen molar-refractivity contribution in [3.05, 3.63) is 63.7 Å². The van der Waals surface area contributed by atoms with Gasteiger partial charge in [-0.1, -0.05) is 65.8 Å². The van der Waals surface area contributed by atoms with E-state index in [0.29, 0.717) is 5.75 Å². The summed E-state index contributed by atoms with van der Waals surface area (Å²) in [6.07, 6.45) is 0.908. The van der Waals surface area contributed by atoms with Gasteiger partial charge in [0.2, 0.25) is 0 Å². The Morgan fingerprint density at radius 2 is 1.33 bits per heavy atom. The van der Waals surface area contributed by atoms with Crippen LogP contribution in [0.15, 0.2) is 30.3 Å². The van der Waals surface area contributed by atoms with Crippen LogP contribution in [0.4, 0.5) is 0 Å². The molecule has 1 heteroatoms. The van der Waals surface area contributed by atoms with E-state index in [0.717, 1.165) is 17.5 Å². The van der Waals surface area contributed by atoms with E-state index in [1.807, 2.05) is 6.07 Å². The molecule has 0 amide bonds. The van der Waals surface area contributed by atoms with Crippen molar-refractivity contribution in [2.45, 2.75) is 72.6 Å². The monoisotopic (exact) mass is 324 g/mol. The van der Waals surface area contributed by atoms with Gasteiger partial charge < -0.3 is 5.11 Å². The number of phenolic OH excluding ortho intramolecular Hbond substituents is 1. The molecule has 1 nitrogen and oxygen atoms in total. The first-order chi connectivity index (χ1) is 10.9. The summed E-state index contributed by atoms with van der Waals surface area (Å²) in [4.78, 5) is 0. The van der Waals surface area contributed by atoms with Gasteiger partial charge in [-0.25, -0.2) is 0 Å². The quantitative estimate of drug-likeness (QED) is 0.698. The van der Waals surface area contributed by atoms with Crippen LogP contribution in [0, 0.1) is 13.8 Å². The standard InChI is InChI=1S/C23H32O/c1-15-9-10-19(22(3,4)5)13-17(15)12-18-14-20(23(6,7)8)21(24)11-16(18)2/h9-11,13-14,24H,12H2,1-8H3. The second-order valence-electron chi connectivity index (χ2n) is 9.11. The molecule has 2 rings (SSSR count). The molecule has 2 aromatic carbocycles. The topological polar surface area (TPSA) is 20.2 Å². The Hall–Kier alpha value is -1.76. The molecule has 2 aromatic rings. The van der Waals surface area contributed by atoms with E-state index in [4.69, 9.17) is 0 Å². The fourth-order valence-electron chi connectivity index (χ4n) is 3.06. The number of hydrogen-bond donors (Lipinski definition) is 1. The number of benzene rings is 2. The minimum atomic E-state index is -0.0607. The Morgan fingerprint density at radius 1 is 0.750 bits per heavy atom. The van der Waals surface area contributed by atoms with Gasteiger partial charge >= 0.3 is 0 Å². The van der Waals surface area contributed by atoms with E-state index in [1.165, 1.54) is 22.3 Å². The van der Waals surface area contributed by atoms with Gasteiger partial charge in [0.1, 0.15) is 5.75 Å². The SMILES string of the molecule is Cc1ccc(C(C)(C)C)cc1Cc1cc(C(C)(C)C)c(O)cc1C. The van der Waals surface area contributed by atoms with Crippen LogP contribution in [0.3, 0.4) is 0 Å². The van der Waals surface area contributed by atoms with Crippen LogP contribution in [0.25, 0.3) is 0 Å². The van der Waals surface area contributed by atoms with Gasteiger partial charge in [-0.3, -0.25) is 0 Å². The summed E-state index contributed by atoms with van der Waals surface area (Å²) in [5.74, 6) is 0.406. The highest BCUT2D eigenvalue weighted by molar-refractivity contribution is 5.47. The second-order valence-corrected chi connectivity index (χ2v) is 9.11. The maximum absolute atomic E-state index is 10.3. The van der Waals surface area contributed by atoms with Crippen LogP contribution in [-0.2, 0) is 17.3 Å². The highest BCUT2D eigenvalue weighted by Crippen LogP contribution is 2.34. The van der Waals surface area contributed by atoms with E-state index >= 15 is 0 Å². The Labute approximate surface area is 147 Å². The summed E-state index contributed by atoms with van der Waals surface area (Å²) >= 11 is 0. The van der Waals surface area contributed by atoms with E-state index in [-0.39, 0.29) is 10.8 Å². The Morgan fingerprint density at radius 3 is 1.88 bits per heavy atom. The average molecular weight is 325 g/mol. The fraction of sp³-hybridized carbons (Fsp3) is 0.478. The molecule has 1 N–H and O–H groups in total. The average Bonchev–Trinajstić information content (AvgIpc) is 2.41. The molecule has 0 heterocycles. The molecule has 24 heavy (non-hydrogen) atoms. The number of rotatable bonds is 2. The molecule has 130 valence electrons. The number of phenols is 1. The highest BCUT2D eigenvalue weighted by atomic mass is 16.3. The Kier molecular flexibility index (Phi) is 4.86. The molecule has 0 atom stereocenters. The third-order valence-corrected chi connectivity index (χ3v) is 4.86. The van der Waals surface area contributed by atoms with Crippen molar-refractivity contribution in [3.63, 3.8) is 0 Å². The number of aryl methyl sites for hydroxylation is 2. The molecule has 0 bridgehead atoms. The van der Waals surface area contributed by atoms with Crippen molar-refractivity contribution < 1.29 is 5.11 Å². The normalized spacial score (nSPS) is 12.5. The molecule has 0 aliphatic rings. The number of aromatic hydroxyl groups is 1. The lowest BCUT2D eigenvalue weighted by molar-refractivity contribution is 0.446. The lowest BCUT2D eigenvalue weighted by Crippen LogP contribution is -2.13. The first kappa shape index (κ1) is 18.6. The van der Waals surface area contributed by atoms with Gasteiger partial charge in [0.15, 0.2) is 0 Å². The Bertz CT molecular complexity index is 740. The minimum absolute atomic E-state index is 0.0607. The van der Waals surface area contributed by atoms with Crippen LogP contribution in [0.5, 0.6) is 5.75 Å². The Balaban J connectivity index is 2.49. The predicted molar refractivity (Wildman–Crippen MR) is 104 cm³/mol. The second kappa shape index (κ2) is 6.27.